The first-order chi connectivity index (χ1) is 8.90. The van der Waals surface area contributed by atoms with E-state index in [9.17, 15) is 13.2 Å². The summed E-state index contributed by atoms with van der Waals surface area (Å²) in [5.41, 5.74) is 0.681. The minimum atomic E-state index is -3.47. The van der Waals surface area contributed by atoms with E-state index in [1.807, 2.05) is 6.92 Å². The molecule has 19 heavy (non-hydrogen) atoms. The maximum atomic E-state index is 11.7. The fourth-order valence-corrected chi connectivity index (χ4v) is 2.70. The van der Waals surface area contributed by atoms with Crippen LogP contribution in [-0.4, -0.2) is 39.1 Å². The van der Waals surface area contributed by atoms with Gasteiger partial charge in [0.2, 0.25) is 10.0 Å². The van der Waals surface area contributed by atoms with Crippen LogP contribution in [0, 0.1) is 0 Å². The number of benzene rings is 1. The van der Waals surface area contributed by atoms with E-state index in [2.05, 4.69) is 4.72 Å². The molecular weight excluding hydrogens is 268 g/mol. The Balaban J connectivity index is 2.95. The molecule has 0 atom stereocenters. The van der Waals surface area contributed by atoms with Crippen molar-refractivity contribution >= 4 is 21.7 Å². The quantitative estimate of drug-likeness (QED) is 0.777. The van der Waals surface area contributed by atoms with Crippen molar-refractivity contribution in [3.63, 3.8) is 0 Å². The maximum absolute atomic E-state index is 11.7. The Morgan fingerprint density at radius 1 is 1.26 bits per heavy atom. The highest BCUT2D eigenvalue weighted by Gasteiger charge is 2.14. The third-order valence-electron chi connectivity index (χ3n) is 2.55. The predicted octanol–water partition coefficient (Wildman–Crippen LogP) is 0.896. The molecule has 0 aromatic heterocycles. The Labute approximate surface area is 113 Å². The van der Waals surface area contributed by atoms with Crippen LogP contribution in [0.3, 0.4) is 0 Å². The molecule has 0 fully saturated rings. The van der Waals surface area contributed by atoms with E-state index in [-0.39, 0.29) is 11.4 Å². The molecule has 0 aliphatic heterocycles. The highest BCUT2D eigenvalue weighted by atomic mass is 32.2. The van der Waals surface area contributed by atoms with Gasteiger partial charge in [0.15, 0.2) is 0 Å². The van der Waals surface area contributed by atoms with E-state index in [1.165, 1.54) is 12.1 Å². The van der Waals surface area contributed by atoms with Gasteiger partial charge < -0.3 is 10.0 Å². The van der Waals surface area contributed by atoms with Crippen molar-refractivity contribution in [2.24, 2.45) is 0 Å². The smallest absolute Gasteiger partial charge is 0.323 e. The normalized spacial score (nSPS) is 11.3. The fraction of sp³-hybridized carbons (Fsp3) is 0.417. The maximum Gasteiger partial charge on any atom is 0.323 e. The average molecular weight is 286 g/mol. The number of carbonyl (C=O) groups is 1. The number of nitrogens with zero attached hydrogens (tertiary/aromatic N) is 1. The zero-order valence-corrected chi connectivity index (χ0v) is 11.8. The summed E-state index contributed by atoms with van der Waals surface area (Å²) in [5.74, 6) is -0.925. The van der Waals surface area contributed by atoms with Gasteiger partial charge in [0.1, 0.15) is 6.54 Å². The summed E-state index contributed by atoms with van der Waals surface area (Å²) in [6.07, 6.45) is 0. The van der Waals surface area contributed by atoms with Crippen LogP contribution >= 0.6 is 0 Å². The lowest BCUT2D eigenvalue weighted by molar-refractivity contribution is -0.135. The fourth-order valence-electron chi connectivity index (χ4n) is 1.66. The number of carboxylic acid groups (broad SMARTS) is 1. The number of rotatable bonds is 7. The molecule has 106 valence electrons. The summed E-state index contributed by atoms with van der Waals surface area (Å²) >= 11 is 0. The first-order valence-corrected chi connectivity index (χ1v) is 7.45. The summed E-state index contributed by atoms with van der Waals surface area (Å²) in [4.78, 5) is 12.5. The highest BCUT2D eigenvalue weighted by Crippen LogP contribution is 2.17. The van der Waals surface area contributed by atoms with E-state index >= 15 is 0 Å². The first-order valence-electron chi connectivity index (χ1n) is 5.97. The minimum absolute atomic E-state index is 0.115. The third-order valence-corrected chi connectivity index (χ3v) is 4.12. The van der Waals surface area contributed by atoms with Crippen LogP contribution < -0.4 is 9.62 Å². The summed E-state index contributed by atoms with van der Waals surface area (Å²) in [7, 11) is -3.47. The lowest BCUT2D eigenvalue weighted by Gasteiger charge is -2.20. The average Bonchev–Trinajstić information content (AvgIpc) is 2.36. The molecule has 0 amide bonds. The van der Waals surface area contributed by atoms with Crippen molar-refractivity contribution in [3.8, 4) is 0 Å². The number of hydrogen-bond acceptors (Lipinski definition) is 4. The van der Waals surface area contributed by atoms with Gasteiger partial charge in [-0.3, -0.25) is 4.79 Å². The van der Waals surface area contributed by atoms with Crippen molar-refractivity contribution in [3.05, 3.63) is 24.3 Å². The van der Waals surface area contributed by atoms with Gasteiger partial charge in [-0.1, -0.05) is 6.92 Å². The number of carboxylic acids is 1. The van der Waals surface area contributed by atoms with Crippen LogP contribution in [0.15, 0.2) is 29.2 Å². The second kappa shape index (κ2) is 6.53. The Kier molecular flexibility index (Phi) is 5.31. The molecule has 0 heterocycles. The Morgan fingerprint density at radius 2 is 1.84 bits per heavy atom. The molecule has 2 N–H and O–H groups in total. The summed E-state index contributed by atoms with van der Waals surface area (Å²) in [6.45, 7) is 4.29. The van der Waals surface area contributed by atoms with Crippen LogP contribution in [0.4, 0.5) is 5.69 Å². The van der Waals surface area contributed by atoms with Gasteiger partial charge in [0.05, 0.1) is 4.90 Å². The van der Waals surface area contributed by atoms with Gasteiger partial charge in [-0.15, -0.1) is 0 Å². The Bertz CT molecular complexity index is 525. The molecule has 1 aromatic carbocycles. The van der Waals surface area contributed by atoms with Gasteiger partial charge in [-0.2, -0.15) is 0 Å². The number of anilines is 1. The number of hydrogen-bond donors (Lipinski definition) is 2. The monoisotopic (exact) mass is 286 g/mol. The summed E-state index contributed by atoms with van der Waals surface area (Å²) in [6, 6.07) is 6.16. The van der Waals surface area contributed by atoms with Crippen LogP contribution in [-0.2, 0) is 14.8 Å². The summed E-state index contributed by atoms with van der Waals surface area (Å²) < 4.78 is 25.9. The van der Waals surface area contributed by atoms with Crippen LogP contribution in [0.5, 0.6) is 0 Å². The molecule has 1 rings (SSSR count). The van der Waals surface area contributed by atoms with Crippen molar-refractivity contribution in [2.45, 2.75) is 18.7 Å². The van der Waals surface area contributed by atoms with Gasteiger partial charge in [0, 0.05) is 18.8 Å². The van der Waals surface area contributed by atoms with Crippen LogP contribution in [0.2, 0.25) is 0 Å². The minimum Gasteiger partial charge on any atom is -0.480 e. The highest BCUT2D eigenvalue weighted by molar-refractivity contribution is 7.89. The molecule has 0 saturated heterocycles. The lowest BCUT2D eigenvalue weighted by Crippen LogP contribution is -2.29. The second-order valence-electron chi connectivity index (χ2n) is 3.90. The van der Waals surface area contributed by atoms with Crippen molar-refractivity contribution in [1.82, 2.24) is 4.72 Å². The van der Waals surface area contributed by atoms with Crippen molar-refractivity contribution < 1.29 is 18.3 Å². The lowest BCUT2D eigenvalue weighted by atomic mass is 10.3. The predicted molar refractivity (Wildman–Crippen MR) is 72.8 cm³/mol. The third kappa shape index (κ3) is 4.22. The molecule has 0 unspecified atom stereocenters. The zero-order chi connectivity index (χ0) is 14.5. The molecule has 0 aliphatic carbocycles. The van der Waals surface area contributed by atoms with Crippen LogP contribution in [0.1, 0.15) is 13.8 Å². The van der Waals surface area contributed by atoms with E-state index in [0.29, 0.717) is 18.8 Å². The molecule has 1 aromatic rings. The molecule has 7 heteroatoms. The Hall–Kier alpha value is -1.60. The van der Waals surface area contributed by atoms with Crippen LogP contribution in [0.25, 0.3) is 0 Å². The molecule has 0 aliphatic rings. The van der Waals surface area contributed by atoms with E-state index in [1.54, 1.807) is 24.0 Å². The van der Waals surface area contributed by atoms with E-state index in [0.717, 1.165) is 0 Å². The zero-order valence-electron chi connectivity index (χ0n) is 11.0. The molecule has 0 saturated carbocycles. The molecule has 6 nitrogen and oxygen atoms in total. The van der Waals surface area contributed by atoms with Gasteiger partial charge in [-0.25, -0.2) is 13.1 Å². The topological polar surface area (TPSA) is 86.7 Å². The SMILES string of the molecule is CCNS(=O)(=O)c1ccc(N(CC)CC(=O)O)cc1. The number of likely N-dealkylation sites (N-methyl/N-ethyl adjacent to an activating group) is 1. The number of aliphatic carboxylic acids is 1. The molecule has 0 spiro atoms. The second-order valence-corrected chi connectivity index (χ2v) is 5.67. The van der Waals surface area contributed by atoms with Gasteiger partial charge in [-0.05, 0) is 31.2 Å². The van der Waals surface area contributed by atoms with E-state index < -0.39 is 16.0 Å². The van der Waals surface area contributed by atoms with Crippen molar-refractivity contribution in [1.29, 1.82) is 0 Å². The largest absolute Gasteiger partial charge is 0.480 e. The van der Waals surface area contributed by atoms with Gasteiger partial charge in [0.25, 0.3) is 0 Å². The first kappa shape index (κ1) is 15.5. The Morgan fingerprint density at radius 3 is 2.26 bits per heavy atom. The standard InChI is InChI=1S/C12H18N2O4S/c1-3-13-19(17,18)11-7-5-10(6-8-11)14(4-2)9-12(15)16/h5-8,13H,3-4,9H2,1-2H3,(H,15,16). The van der Waals surface area contributed by atoms with Crippen molar-refractivity contribution in [2.75, 3.05) is 24.5 Å². The number of nitrogens with one attached hydrogen (secondary N) is 1. The molecular formula is C12H18N2O4S. The number of sulfonamides is 1. The van der Waals surface area contributed by atoms with Gasteiger partial charge >= 0.3 is 5.97 Å². The summed E-state index contributed by atoms with van der Waals surface area (Å²) in [5, 5.41) is 8.78. The molecule has 0 radical (unpaired) electrons. The molecule has 0 bridgehead atoms. The van der Waals surface area contributed by atoms with E-state index in [4.69, 9.17) is 5.11 Å².